The molecule has 1 aliphatic carbocycles. The number of hydrogen-bond acceptors (Lipinski definition) is 1. The van der Waals surface area contributed by atoms with E-state index in [-0.39, 0.29) is 0 Å². The number of benzene rings is 1. The van der Waals surface area contributed by atoms with Crippen LogP contribution in [0.5, 0.6) is 5.75 Å². The molecule has 0 fully saturated rings. The Balaban J connectivity index is 1.93. The average molecular weight is 242 g/mol. The van der Waals surface area contributed by atoms with Crippen molar-refractivity contribution in [1.29, 1.82) is 0 Å². The van der Waals surface area contributed by atoms with Crippen molar-refractivity contribution in [3.8, 4) is 5.75 Å². The van der Waals surface area contributed by atoms with Gasteiger partial charge in [0.05, 0.1) is 6.61 Å². The van der Waals surface area contributed by atoms with Crippen molar-refractivity contribution in [3.63, 3.8) is 0 Å². The first kappa shape index (κ1) is 12.9. The van der Waals surface area contributed by atoms with E-state index in [4.69, 9.17) is 4.74 Å². The van der Waals surface area contributed by atoms with E-state index < -0.39 is 0 Å². The monoisotopic (exact) mass is 242 g/mol. The van der Waals surface area contributed by atoms with E-state index in [1.165, 1.54) is 16.7 Å². The molecule has 1 aromatic rings. The number of rotatable bonds is 4. The Morgan fingerprint density at radius 3 is 2.22 bits per heavy atom. The lowest BCUT2D eigenvalue weighted by atomic mass is 9.96. The summed E-state index contributed by atoms with van der Waals surface area (Å²) in [5, 5.41) is 0. The molecule has 18 heavy (non-hydrogen) atoms. The van der Waals surface area contributed by atoms with Crippen LogP contribution in [0.3, 0.4) is 0 Å². The number of allylic oxidation sites excluding steroid dienone is 3. The summed E-state index contributed by atoms with van der Waals surface area (Å²) in [6, 6.07) is 10.0. The molecule has 1 aromatic carbocycles. The highest BCUT2D eigenvalue weighted by molar-refractivity contribution is 5.46. The highest BCUT2D eigenvalue weighted by Crippen LogP contribution is 2.38. The molecule has 0 aliphatic heterocycles. The van der Waals surface area contributed by atoms with E-state index in [2.05, 4.69) is 27.7 Å². The maximum Gasteiger partial charge on any atom is 0.119 e. The molecule has 0 saturated heterocycles. The van der Waals surface area contributed by atoms with Crippen LogP contribution in [0.15, 0.2) is 52.6 Å². The molecule has 1 aliphatic rings. The van der Waals surface area contributed by atoms with Gasteiger partial charge in [-0.2, -0.15) is 0 Å². The summed E-state index contributed by atoms with van der Waals surface area (Å²) in [6.45, 7) is 9.77. The second-order valence-corrected chi connectivity index (χ2v) is 5.09. The topological polar surface area (TPSA) is 9.23 Å². The van der Waals surface area contributed by atoms with Crippen LogP contribution >= 0.6 is 0 Å². The summed E-state index contributed by atoms with van der Waals surface area (Å²) < 4.78 is 5.78. The van der Waals surface area contributed by atoms with Crippen LogP contribution in [0, 0.1) is 5.92 Å². The molecule has 0 amide bonds. The number of hydrogen-bond donors (Lipinski definition) is 0. The van der Waals surface area contributed by atoms with Gasteiger partial charge in [0.25, 0.3) is 0 Å². The Hall–Kier alpha value is -1.50. The highest BCUT2D eigenvalue weighted by atomic mass is 16.5. The Morgan fingerprint density at radius 2 is 1.67 bits per heavy atom. The summed E-state index contributed by atoms with van der Waals surface area (Å²) in [5.41, 5.74) is 6.00. The summed E-state index contributed by atoms with van der Waals surface area (Å²) in [5.74, 6) is 1.55. The lowest BCUT2D eigenvalue weighted by Crippen LogP contribution is -2.04. The molecule has 96 valence electrons. The van der Waals surface area contributed by atoms with Crippen LogP contribution in [0.2, 0.25) is 0 Å². The van der Waals surface area contributed by atoms with E-state index in [9.17, 15) is 0 Å². The van der Waals surface area contributed by atoms with E-state index in [0.717, 1.165) is 18.8 Å². The van der Waals surface area contributed by atoms with Gasteiger partial charge in [-0.05, 0) is 50.0 Å². The van der Waals surface area contributed by atoms with Crippen molar-refractivity contribution in [1.82, 2.24) is 0 Å². The van der Waals surface area contributed by atoms with E-state index >= 15 is 0 Å². The van der Waals surface area contributed by atoms with Crippen molar-refractivity contribution in [3.05, 3.63) is 52.6 Å². The van der Waals surface area contributed by atoms with Crippen LogP contribution in [0.4, 0.5) is 0 Å². The normalized spacial score (nSPS) is 19.7. The Bertz CT molecular complexity index is 480. The molecule has 1 heteroatoms. The SMILES string of the molecule is CC1=C(C)C(C)C(CCOc2ccccc2)=C1C. The molecule has 0 heterocycles. The van der Waals surface area contributed by atoms with Gasteiger partial charge in [-0.1, -0.05) is 36.3 Å². The van der Waals surface area contributed by atoms with Crippen molar-refractivity contribution in [2.24, 2.45) is 5.92 Å². The lowest BCUT2D eigenvalue weighted by molar-refractivity contribution is 0.318. The molecule has 0 radical (unpaired) electrons. The summed E-state index contributed by atoms with van der Waals surface area (Å²) in [7, 11) is 0. The molecule has 0 spiro atoms. The molecule has 0 aromatic heterocycles. The van der Waals surface area contributed by atoms with Gasteiger partial charge in [-0.15, -0.1) is 0 Å². The van der Waals surface area contributed by atoms with Crippen molar-refractivity contribution in [2.45, 2.75) is 34.1 Å². The zero-order valence-corrected chi connectivity index (χ0v) is 11.8. The van der Waals surface area contributed by atoms with E-state index in [1.54, 1.807) is 5.57 Å². The van der Waals surface area contributed by atoms with E-state index in [1.807, 2.05) is 30.3 Å². The van der Waals surface area contributed by atoms with Crippen LogP contribution in [0.25, 0.3) is 0 Å². The molecule has 0 bridgehead atoms. The number of ether oxygens (including phenoxy) is 1. The molecule has 2 rings (SSSR count). The molecular formula is C17H22O. The fourth-order valence-corrected chi connectivity index (χ4v) is 2.65. The third-order valence-electron chi connectivity index (χ3n) is 4.19. The molecule has 1 nitrogen and oxygen atoms in total. The minimum atomic E-state index is 0.587. The van der Waals surface area contributed by atoms with Crippen LogP contribution in [-0.4, -0.2) is 6.61 Å². The molecular weight excluding hydrogens is 220 g/mol. The highest BCUT2D eigenvalue weighted by Gasteiger charge is 2.22. The minimum absolute atomic E-state index is 0.587. The Morgan fingerprint density at radius 1 is 1.00 bits per heavy atom. The third-order valence-corrected chi connectivity index (χ3v) is 4.19. The Kier molecular flexibility index (Phi) is 3.90. The van der Waals surface area contributed by atoms with E-state index in [0.29, 0.717) is 5.92 Å². The minimum Gasteiger partial charge on any atom is -0.493 e. The standard InChI is InChI=1S/C17H22O/c1-12-13(2)15(4)17(14(12)3)10-11-18-16-8-6-5-7-9-16/h5-9,14H,10-11H2,1-4H3. The molecule has 0 saturated carbocycles. The van der Waals surface area contributed by atoms with Crippen LogP contribution in [0.1, 0.15) is 34.1 Å². The second kappa shape index (κ2) is 5.43. The first-order valence-corrected chi connectivity index (χ1v) is 6.66. The van der Waals surface area contributed by atoms with Crippen LogP contribution < -0.4 is 4.74 Å². The largest absolute Gasteiger partial charge is 0.493 e. The van der Waals surface area contributed by atoms with Crippen LogP contribution in [-0.2, 0) is 0 Å². The predicted molar refractivity (Wildman–Crippen MR) is 76.8 cm³/mol. The van der Waals surface area contributed by atoms with Gasteiger partial charge in [0.2, 0.25) is 0 Å². The first-order valence-electron chi connectivity index (χ1n) is 6.66. The molecule has 1 atom stereocenters. The zero-order valence-electron chi connectivity index (χ0n) is 11.8. The zero-order chi connectivity index (χ0) is 13.1. The van der Waals surface area contributed by atoms with Gasteiger partial charge in [-0.3, -0.25) is 0 Å². The van der Waals surface area contributed by atoms with Gasteiger partial charge < -0.3 is 4.74 Å². The van der Waals surface area contributed by atoms with Gasteiger partial charge in [-0.25, -0.2) is 0 Å². The maximum atomic E-state index is 5.78. The summed E-state index contributed by atoms with van der Waals surface area (Å²) >= 11 is 0. The second-order valence-electron chi connectivity index (χ2n) is 5.09. The van der Waals surface area contributed by atoms with Gasteiger partial charge in [0.1, 0.15) is 5.75 Å². The average Bonchev–Trinajstić information content (AvgIpc) is 2.57. The van der Waals surface area contributed by atoms with Crippen molar-refractivity contribution in [2.75, 3.05) is 6.61 Å². The van der Waals surface area contributed by atoms with Crippen molar-refractivity contribution >= 4 is 0 Å². The number of para-hydroxylation sites is 1. The maximum absolute atomic E-state index is 5.78. The van der Waals surface area contributed by atoms with Crippen molar-refractivity contribution < 1.29 is 4.74 Å². The third kappa shape index (κ3) is 2.50. The summed E-state index contributed by atoms with van der Waals surface area (Å²) in [4.78, 5) is 0. The summed E-state index contributed by atoms with van der Waals surface area (Å²) in [6.07, 6.45) is 1.02. The first-order chi connectivity index (χ1) is 8.61. The van der Waals surface area contributed by atoms with Gasteiger partial charge >= 0.3 is 0 Å². The van der Waals surface area contributed by atoms with Gasteiger partial charge in [0, 0.05) is 6.42 Å². The predicted octanol–water partition coefficient (Wildman–Crippen LogP) is 4.76. The molecule has 1 unspecified atom stereocenters. The fourth-order valence-electron chi connectivity index (χ4n) is 2.65. The lowest BCUT2D eigenvalue weighted by Gasteiger charge is -2.13. The van der Waals surface area contributed by atoms with Gasteiger partial charge in [0.15, 0.2) is 0 Å². The smallest absolute Gasteiger partial charge is 0.119 e. The Labute approximate surface area is 110 Å². The quantitative estimate of drug-likeness (QED) is 0.739. The molecule has 0 N–H and O–H groups in total. The fraction of sp³-hybridized carbons (Fsp3) is 0.412.